The normalized spacial score (nSPS) is 34.8. The van der Waals surface area contributed by atoms with Gasteiger partial charge >= 0.3 is 0 Å². The first-order chi connectivity index (χ1) is 17.3. The Morgan fingerprint density at radius 1 is 0.622 bits per heavy atom. The van der Waals surface area contributed by atoms with Crippen LogP contribution in [0.3, 0.4) is 0 Å². The van der Waals surface area contributed by atoms with Crippen LogP contribution in [0.15, 0.2) is 65.7 Å². The first-order valence-corrected chi connectivity index (χ1v) is 14.0. The Bertz CT molecular complexity index is 1290. The standard InChI is InChI=1S/C18H22O.C17H20O/c1-12-5-7-13(8-6-12)11-14-15-9-10-18(4,16(14)19)17(15,2)3;1-16(2)14-9-10-17(16,3)15(18)13(14)11-12-7-5-4-6-8-12/h5-8,11,15H,9-10H2,1-4H3;4-8,11,14H,9-10H2,1-3H3/b14-11-;13-11-. The maximum absolute atomic E-state index is 12.7. The van der Waals surface area contributed by atoms with Gasteiger partial charge in [-0.05, 0) is 89.7 Å². The summed E-state index contributed by atoms with van der Waals surface area (Å²) in [4.78, 5) is 25.3. The van der Waals surface area contributed by atoms with E-state index in [9.17, 15) is 9.59 Å². The molecule has 0 aliphatic heterocycles. The Morgan fingerprint density at radius 3 is 1.41 bits per heavy atom. The molecule has 0 aromatic heterocycles. The molecule has 0 heterocycles. The molecule has 2 aromatic carbocycles. The zero-order valence-corrected chi connectivity index (χ0v) is 23.7. The topological polar surface area (TPSA) is 34.1 Å². The van der Waals surface area contributed by atoms with E-state index in [2.05, 4.69) is 97.0 Å². The molecule has 4 aliphatic carbocycles. The lowest BCUT2D eigenvalue weighted by Gasteiger charge is -2.31. The summed E-state index contributed by atoms with van der Waals surface area (Å²) in [6.07, 6.45) is 8.66. The van der Waals surface area contributed by atoms with E-state index in [4.69, 9.17) is 0 Å². The Kier molecular flexibility index (Phi) is 6.05. The predicted molar refractivity (Wildman–Crippen MR) is 153 cm³/mol. The molecule has 4 aliphatic rings. The fourth-order valence-electron chi connectivity index (χ4n) is 7.76. The van der Waals surface area contributed by atoms with Crippen LogP contribution in [0.25, 0.3) is 12.2 Å². The number of benzene rings is 2. The minimum atomic E-state index is -0.145. The van der Waals surface area contributed by atoms with Gasteiger partial charge in [0.05, 0.1) is 0 Å². The van der Waals surface area contributed by atoms with Crippen molar-refractivity contribution in [2.45, 2.75) is 74.1 Å². The lowest BCUT2D eigenvalue weighted by atomic mass is 9.70. The van der Waals surface area contributed by atoms with Crippen molar-refractivity contribution in [2.75, 3.05) is 0 Å². The highest BCUT2D eigenvalue weighted by Gasteiger charge is 2.64. The Labute approximate surface area is 223 Å². The molecule has 6 rings (SSSR count). The number of fused-ring (bicyclic) bond motifs is 4. The second kappa shape index (κ2) is 8.65. The van der Waals surface area contributed by atoms with Crippen LogP contribution >= 0.6 is 0 Å². The highest BCUT2D eigenvalue weighted by Crippen LogP contribution is 2.66. The van der Waals surface area contributed by atoms with Crippen LogP contribution in [0.4, 0.5) is 0 Å². The van der Waals surface area contributed by atoms with Gasteiger partial charge in [-0.2, -0.15) is 0 Å². The fourth-order valence-corrected chi connectivity index (χ4v) is 7.76. The first-order valence-electron chi connectivity index (χ1n) is 14.0. The summed E-state index contributed by atoms with van der Waals surface area (Å²) in [5.74, 6) is 1.64. The van der Waals surface area contributed by atoms with E-state index in [0.717, 1.165) is 48.0 Å². The van der Waals surface area contributed by atoms with Gasteiger partial charge in [0.15, 0.2) is 11.6 Å². The smallest absolute Gasteiger partial charge is 0.165 e. The van der Waals surface area contributed by atoms with Crippen LogP contribution in [0, 0.1) is 40.4 Å². The summed E-state index contributed by atoms with van der Waals surface area (Å²) >= 11 is 0. The number of hydrogen-bond acceptors (Lipinski definition) is 2. The molecular formula is C35H42O2. The maximum Gasteiger partial charge on any atom is 0.165 e. The van der Waals surface area contributed by atoms with Crippen molar-refractivity contribution >= 4 is 23.7 Å². The molecule has 0 saturated heterocycles. The largest absolute Gasteiger partial charge is 0.294 e. The number of ketones is 2. The van der Waals surface area contributed by atoms with E-state index >= 15 is 0 Å². The van der Waals surface area contributed by atoms with Crippen molar-refractivity contribution in [2.24, 2.45) is 33.5 Å². The van der Waals surface area contributed by atoms with Crippen molar-refractivity contribution in [3.05, 3.63) is 82.4 Å². The van der Waals surface area contributed by atoms with Gasteiger partial charge in [-0.1, -0.05) is 102 Å². The third kappa shape index (κ3) is 3.74. The molecule has 2 heteroatoms. The zero-order valence-electron chi connectivity index (χ0n) is 23.7. The quantitative estimate of drug-likeness (QED) is 0.392. The number of carbonyl (C=O) groups is 2. The second-order valence-electron chi connectivity index (χ2n) is 13.5. The molecule has 0 spiro atoms. The molecule has 37 heavy (non-hydrogen) atoms. The lowest BCUT2D eigenvalue weighted by Crippen LogP contribution is -2.32. The van der Waals surface area contributed by atoms with Gasteiger partial charge in [-0.15, -0.1) is 0 Å². The molecule has 4 saturated carbocycles. The molecule has 0 radical (unpaired) electrons. The summed E-state index contributed by atoms with van der Waals surface area (Å²) in [5.41, 5.74) is 5.61. The average molecular weight is 495 g/mol. The summed E-state index contributed by atoms with van der Waals surface area (Å²) in [6, 6.07) is 18.6. The highest BCUT2D eigenvalue weighted by atomic mass is 16.1. The van der Waals surface area contributed by atoms with Crippen LogP contribution in [-0.2, 0) is 9.59 Å². The number of hydrogen-bond donors (Lipinski definition) is 0. The van der Waals surface area contributed by atoms with Gasteiger partial charge in [0.25, 0.3) is 0 Å². The Balaban J connectivity index is 0.000000152. The Morgan fingerprint density at radius 2 is 1.03 bits per heavy atom. The number of carbonyl (C=O) groups excluding carboxylic acids is 2. The molecule has 0 N–H and O–H groups in total. The van der Waals surface area contributed by atoms with Crippen LogP contribution in [0.2, 0.25) is 0 Å². The van der Waals surface area contributed by atoms with E-state index in [1.165, 1.54) is 5.56 Å². The zero-order chi connectivity index (χ0) is 26.8. The van der Waals surface area contributed by atoms with Crippen molar-refractivity contribution in [3.8, 4) is 0 Å². The number of Topliss-reactive ketones (excluding diaryl/α,β-unsaturated/α-hetero) is 2. The predicted octanol–water partition coefficient (Wildman–Crippen LogP) is 8.50. The van der Waals surface area contributed by atoms with E-state index in [1.54, 1.807) is 0 Å². The number of allylic oxidation sites excluding steroid dienone is 2. The molecule has 4 unspecified atom stereocenters. The van der Waals surface area contributed by atoms with Gasteiger partial charge in [-0.25, -0.2) is 0 Å². The average Bonchev–Trinajstić information content (AvgIpc) is 3.35. The summed E-state index contributed by atoms with van der Waals surface area (Å²) < 4.78 is 0. The molecule has 2 aromatic rings. The van der Waals surface area contributed by atoms with Gasteiger partial charge in [-0.3, -0.25) is 9.59 Å². The summed E-state index contributed by atoms with van der Waals surface area (Å²) in [6.45, 7) is 15.4. The van der Waals surface area contributed by atoms with Crippen molar-refractivity contribution in [1.29, 1.82) is 0 Å². The Hall–Kier alpha value is -2.74. The third-order valence-corrected chi connectivity index (χ3v) is 11.3. The third-order valence-electron chi connectivity index (χ3n) is 11.3. The minimum Gasteiger partial charge on any atom is -0.294 e. The molecule has 194 valence electrons. The fraction of sp³-hybridized carbons (Fsp3) is 0.486. The minimum absolute atomic E-state index is 0.112. The molecule has 4 atom stereocenters. The maximum atomic E-state index is 12.7. The molecule has 0 amide bonds. The van der Waals surface area contributed by atoms with Gasteiger partial charge in [0.1, 0.15) is 0 Å². The monoisotopic (exact) mass is 494 g/mol. The van der Waals surface area contributed by atoms with Crippen molar-refractivity contribution in [3.63, 3.8) is 0 Å². The van der Waals surface area contributed by atoms with Gasteiger partial charge < -0.3 is 0 Å². The van der Waals surface area contributed by atoms with Gasteiger partial charge in [0, 0.05) is 10.8 Å². The van der Waals surface area contributed by atoms with Crippen LogP contribution in [0.5, 0.6) is 0 Å². The molecule has 4 bridgehead atoms. The van der Waals surface area contributed by atoms with E-state index in [-0.39, 0.29) is 21.7 Å². The van der Waals surface area contributed by atoms with Gasteiger partial charge in [0.2, 0.25) is 0 Å². The second-order valence-corrected chi connectivity index (χ2v) is 13.5. The van der Waals surface area contributed by atoms with E-state index in [1.807, 2.05) is 18.2 Å². The van der Waals surface area contributed by atoms with Crippen molar-refractivity contribution < 1.29 is 9.59 Å². The SMILES string of the molecule is CC12CCC(/C(=C/c3ccccc3)C1=O)C2(C)C.Cc1ccc(/C=C2\C(=O)C3(C)CCC2C3(C)C)cc1. The summed E-state index contributed by atoms with van der Waals surface area (Å²) in [7, 11) is 0. The highest BCUT2D eigenvalue weighted by molar-refractivity contribution is 6.08. The van der Waals surface area contributed by atoms with E-state index < -0.39 is 0 Å². The van der Waals surface area contributed by atoms with Crippen LogP contribution in [-0.4, -0.2) is 11.6 Å². The summed E-state index contributed by atoms with van der Waals surface area (Å²) in [5, 5.41) is 0. The van der Waals surface area contributed by atoms with Crippen molar-refractivity contribution in [1.82, 2.24) is 0 Å². The van der Waals surface area contributed by atoms with Crippen LogP contribution < -0.4 is 0 Å². The molecular weight excluding hydrogens is 452 g/mol. The molecule has 4 fully saturated rings. The lowest BCUT2D eigenvalue weighted by molar-refractivity contribution is -0.126. The first kappa shape index (κ1) is 25.9. The molecule has 2 nitrogen and oxygen atoms in total. The van der Waals surface area contributed by atoms with Crippen LogP contribution in [0.1, 0.15) is 83.9 Å². The van der Waals surface area contributed by atoms with E-state index in [0.29, 0.717) is 23.4 Å². The number of rotatable bonds is 2. The number of aryl methyl sites for hydroxylation is 1.